The van der Waals surface area contributed by atoms with E-state index in [1.54, 1.807) is 0 Å². The average Bonchev–Trinajstić information content (AvgIpc) is 3.19. The molecule has 0 fully saturated rings. The molecule has 134 valence electrons. The van der Waals surface area contributed by atoms with Gasteiger partial charge in [-0.1, -0.05) is 60.7 Å². The van der Waals surface area contributed by atoms with Gasteiger partial charge in [-0.3, -0.25) is 5.43 Å². The summed E-state index contributed by atoms with van der Waals surface area (Å²) in [5.41, 5.74) is 9.10. The van der Waals surface area contributed by atoms with Crippen LogP contribution >= 0.6 is 0 Å². The Morgan fingerprint density at radius 3 is 2.52 bits per heavy atom. The molecule has 0 aromatic heterocycles. The Hall–Kier alpha value is -3.33. The summed E-state index contributed by atoms with van der Waals surface area (Å²) in [7, 11) is 4.19. The highest BCUT2D eigenvalue weighted by atomic mass is 15.3. The third kappa shape index (κ3) is 3.49. The van der Waals surface area contributed by atoms with E-state index in [1.165, 1.54) is 27.6 Å². The first-order valence-corrected chi connectivity index (χ1v) is 9.17. The summed E-state index contributed by atoms with van der Waals surface area (Å²) in [6, 6.07) is 22.9. The van der Waals surface area contributed by atoms with E-state index in [9.17, 15) is 0 Å². The van der Waals surface area contributed by atoms with Crippen LogP contribution in [-0.4, -0.2) is 25.2 Å². The van der Waals surface area contributed by atoms with Crippen LogP contribution in [0.4, 0.5) is 5.69 Å². The minimum Gasteiger partial charge on any atom is -0.377 e. The number of fused-ring (bicyclic) bond motifs is 1. The van der Waals surface area contributed by atoms with Crippen molar-refractivity contribution in [3.63, 3.8) is 0 Å². The van der Waals surface area contributed by atoms with Crippen LogP contribution in [0.5, 0.6) is 0 Å². The van der Waals surface area contributed by atoms with Crippen molar-refractivity contribution in [2.24, 2.45) is 5.10 Å². The summed E-state index contributed by atoms with van der Waals surface area (Å²) in [4.78, 5) is 2.18. The second-order valence-electron chi connectivity index (χ2n) is 6.85. The molecule has 1 aliphatic rings. The van der Waals surface area contributed by atoms with Crippen molar-refractivity contribution in [2.45, 2.75) is 6.42 Å². The van der Waals surface area contributed by atoms with E-state index in [0.717, 1.165) is 17.7 Å². The van der Waals surface area contributed by atoms with Crippen LogP contribution in [0.15, 0.2) is 89.7 Å². The SMILES string of the molecule is CN(C)C1=C(c2ccc3ccccc3c2C=NNc2ccccc2)CC=C1. The standard InChI is InChI=1S/C24H23N3/c1-27(2)24-14-8-13-22(24)21-16-15-18-9-6-7-12-20(18)23(21)17-25-26-19-10-4-3-5-11-19/h3-12,14-17,26H,13H2,1-2H3. The smallest absolute Gasteiger partial charge is 0.0561 e. The zero-order valence-corrected chi connectivity index (χ0v) is 15.7. The van der Waals surface area contributed by atoms with Crippen LogP contribution in [0.2, 0.25) is 0 Å². The van der Waals surface area contributed by atoms with E-state index in [0.29, 0.717) is 0 Å². The Morgan fingerprint density at radius 1 is 0.926 bits per heavy atom. The quantitative estimate of drug-likeness (QED) is 0.483. The largest absolute Gasteiger partial charge is 0.377 e. The predicted octanol–water partition coefficient (Wildman–Crippen LogP) is 5.52. The molecule has 0 spiro atoms. The summed E-state index contributed by atoms with van der Waals surface area (Å²) < 4.78 is 0. The minimum atomic E-state index is 0.943. The van der Waals surface area contributed by atoms with Crippen LogP contribution < -0.4 is 5.43 Å². The highest BCUT2D eigenvalue weighted by Crippen LogP contribution is 2.34. The number of anilines is 1. The number of allylic oxidation sites excluding steroid dienone is 3. The molecule has 3 heteroatoms. The number of nitrogens with zero attached hydrogens (tertiary/aromatic N) is 2. The molecule has 0 radical (unpaired) electrons. The first-order valence-electron chi connectivity index (χ1n) is 9.17. The van der Waals surface area contributed by atoms with Crippen molar-refractivity contribution in [2.75, 3.05) is 19.5 Å². The Morgan fingerprint density at radius 2 is 1.70 bits per heavy atom. The number of para-hydroxylation sites is 1. The van der Waals surface area contributed by atoms with Crippen molar-refractivity contribution in [1.29, 1.82) is 0 Å². The van der Waals surface area contributed by atoms with Crippen LogP contribution in [0, 0.1) is 0 Å². The maximum absolute atomic E-state index is 4.53. The van der Waals surface area contributed by atoms with Gasteiger partial charge in [-0.2, -0.15) is 5.10 Å². The Bertz CT molecular complexity index is 1040. The summed E-state index contributed by atoms with van der Waals surface area (Å²) in [6.07, 6.45) is 7.32. The summed E-state index contributed by atoms with van der Waals surface area (Å²) in [5.74, 6) is 0. The van der Waals surface area contributed by atoms with Crippen LogP contribution in [0.1, 0.15) is 17.5 Å². The average molecular weight is 353 g/mol. The molecular formula is C24H23N3. The van der Waals surface area contributed by atoms with E-state index in [2.05, 4.69) is 78.1 Å². The molecule has 1 N–H and O–H groups in total. The lowest BCUT2D eigenvalue weighted by Crippen LogP contribution is -2.10. The first kappa shape index (κ1) is 17.1. The summed E-state index contributed by atoms with van der Waals surface area (Å²) >= 11 is 0. The fourth-order valence-electron chi connectivity index (χ4n) is 3.54. The van der Waals surface area contributed by atoms with E-state index < -0.39 is 0 Å². The van der Waals surface area contributed by atoms with Crippen molar-refractivity contribution in [3.8, 4) is 0 Å². The Balaban J connectivity index is 1.80. The van der Waals surface area contributed by atoms with Gasteiger partial charge in [-0.05, 0) is 46.5 Å². The van der Waals surface area contributed by atoms with Gasteiger partial charge in [-0.15, -0.1) is 0 Å². The molecule has 0 unspecified atom stereocenters. The zero-order chi connectivity index (χ0) is 18.6. The third-order valence-electron chi connectivity index (χ3n) is 4.85. The van der Waals surface area contributed by atoms with Gasteiger partial charge in [0.05, 0.1) is 11.9 Å². The molecule has 0 saturated heterocycles. The van der Waals surface area contributed by atoms with Gasteiger partial charge in [0.2, 0.25) is 0 Å². The van der Waals surface area contributed by atoms with Gasteiger partial charge in [0, 0.05) is 25.4 Å². The number of nitrogens with one attached hydrogen (secondary N) is 1. The molecule has 0 saturated carbocycles. The number of rotatable bonds is 5. The molecule has 0 bridgehead atoms. The van der Waals surface area contributed by atoms with Gasteiger partial charge in [0.25, 0.3) is 0 Å². The molecule has 3 aromatic carbocycles. The third-order valence-corrected chi connectivity index (χ3v) is 4.85. The van der Waals surface area contributed by atoms with E-state index in [-0.39, 0.29) is 0 Å². The van der Waals surface area contributed by atoms with Gasteiger partial charge in [0.15, 0.2) is 0 Å². The predicted molar refractivity (Wildman–Crippen MR) is 116 cm³/mol. The normalized spacial score (nSPS) is 13.7. The molecule has 0 amide bonds. The number of hydrazone groups is 1. The topological polar surface area (TPSA) is 27.6 Å². The molecule has 0 aliphatic heterocycles. The lowest BCUT2D eigenvalue weighted by atomic mass is 9.93. The van der Waals surface area contributed by atoms with Crippen molar-refractivity contribution < 1.29 is 0 Å². The molecule has 4 rings (SSSR count). The Kier molecular flexibility index (Phi) is 4.75. The number of hydrogen-bond acceptors (Lipinski definition) is 3. The lowest BCUT2D eigenvalue weighted by Gasteiger charge is -2.18. The highest BCUT2D eigenvalue weighted by Gasteiger charge is 2.17. The van der Waals surface area contributed by atoms with Gasteiger partial charge in [-0.25, -0.2) is 0 Å². The second kappa shape index (κ2) is 7.50. The number of likely N-dealkylation sites (N-methyl/N-ethyl adjacent to an activating group) is 1. The van der Waals surface area contributed by atoms with E-state index >= 15 is 0 Å². The maximum atomic E-state index is 4.53. The fraction of sp³-hybridized carbons (Fsp3) is 0.125. The molecule has 3 nitrogen and oxygen atoms in total. The summed E-state index contributed by atoms with van der Waals surface area (Å²) in [5, 5.41) is 6.97. The highest BCUT2D eigenvalue weighted by molar-refractivity contribution is 6.05. The van der Waals surface area contributed by atoms with Crippen molar-refractivity contribution in [3.05, 3.63) is 95.7 Å². The minimum absolute atomic E-state index is 0.943. The van der Waals surface area contributed by atoms with Gasteiger partial charge >= 0.3 is 0 Å². The number of hydrogen-bond donors (Lipinski definition) is 1. The first-order chi connectivity index (χ1) is 13.2. The van der Waals surface area contributed by atoms with Crippen molar-refractivity contribution >= 4 is 28.2 Å². The molecule has 1 aliphatic carbocycles. The van der Waals surface area contributed by atoms with Gasteiger partial charge in [0.1, 0.15) is 0 Å². The molecule has 0 heterocycles. The van der Waals surface area contributed by atoms with Crippen molar-refractivity contribution in [1.82, 2.24) is 4.90 Å². The Labute approximate surface area is 160 Å². The summed E-state index contributed by atoms with van der Waals surface area (Å²) in [6.45, 7) is 0. The van der Waals surface area contributed by atoms with Crippen LogP contribution in [0.3, 0.4) is 0 Å². The monoisotopic (exact) mass is 353 g/mol. The zero-order valence-electron chi connectivity index (χ0n) is 15.7. The second-order valence-corrected chi connectivity index (χ2v) is 6.85. The van der Waals surface area contributed by atoms with Crippen LogP contribution in [-0.2, 0) is 0 Å². The van der Waals surface area contributed by atoms with Gasteiger partial charge < -0.3 is 4.90 Å². The molecule has 0 atom stereocenters. The molecule has 3 aromatic rings. The lowest BCUT2D eigenvalue weighted by molar-refractivity contribution is 0.533. The fourth-order valence-corrected chi connectivity index (χ4v) is 3.54. The van der Waals surface area contributed by atoms with Crippen LogP contribution in [0.25, 0.3) is 16.3 Å². The van der Waals surface area contributed by atoms with E-state index in [4.69, 9.17) is 0 Å². The molecule has 27 heavy (non-hydrogen) atoms. The molecular weight excluding hydrogens is 330 g/mol. The van der Waals surface area contributed by atoms with E-state index in [1.807, 2.05) is 36.5 Å². The maximum Gasteiger partial charge on any atom is 0.0561 e. The number of benzene rings is 3.